The van der Waals surface area contributed by atoms with Crippen LogP contribution in [0, 0.1) is 29.1 Å². The maximum absolute atomic E-state index is 15.2. The molecule has 31 heavy (non-hydrogen) atoms. The van der Waals surface area contributed by atoms with Crippen LogP contribution in [0.5, 0.6) is 0 Å². The van der Waals surface area contributed by atoms with E-state index in [1.165, 1.54) is 0 Å². The average Bonchev–Trinajstić information content (AvgIpc) is 2.78. The van der Waals surface area contributed by atoms with Gasteiger partial charge in [-0.15, -0.1) is 0 Å². The van der Waals surface area contributed by atoms with Gasteiger partial charge in [-0.2, -0.15) is 0 Å². The molecule has 152 valence electrons. The Kier molecular flexibility index (Phi) is 4.47. The molecule has 0 aliphatic heterocycles. The van der Waals surface area contributed by atoms with Gasteiger partial charge in [0, 0.05) is 21.9 Å². The minimum atomic E-state index is -1.62. The van der Waals surface area contributed by atoms with Crippen LogP contribution in [-0.4, -0.2) is 0 Å². The first-order chi connectivity index (χ1) is 15.0. The number of hydrogen-bond donors (Lipinski definition) is 0. The monoisotopic (exact) mass is 420 g/mol. The van der Waals surface area contributed by atoms with Gasteiger partial charge in [0.15, 0.2) is 17.5 Å². The van der Waals surface area contributed by atoms with Gasteiger partial charge >= 0.3 is 0 Å². The maximum Gasteiger partial charge on any atom is 0.194 e. The quantitative estimate of drug-likeness (QED) is 0.154. The van der Waals surface area contributed by atoms with Crippen molar-refractivity contribution in [1.82, 2.24) is 0 Å². The molecule has 0 amide bonds. The minimum Gasteiger partial charge on any atom is -0.206 e. The van der Waals surface area contributed by atoms with Gasteiger partial charge in [0.1, 0.15) is 11.6 Å². The molecule has 5 aromatic rings. The maximum atomic E-state index is 15.2. The minimum absolute atomic E-state index is 0.00922. The molecular formula is C26H13F5. The predicted molar refractivity (Wildman–Crippen MR) is 112 cm³/mol. The van der Waals surface area contributed by atoms with Crippen molar-refractivity contribution in [3.8, 4) is 22.3 Å². The van der Waals surface area contributed by atoms with Crippen LogP contribution in [0.4, 0.5) is 22.0 Å². The van der Waals surface area contributed by atoms with Gasteiger partial charge in [-0.3, -0.25) is 0 Å². The number of halogens is 5. The fourth-order valence-corrected chi connectivity index (χ4v) is 4.13. The lowest BCUT2D eigenvalue weighted by Crippen LogP contribution is -1.97. The molecular weight excluding hydrogens is 407 g/mol. The van der Waals surface area contributed by atoms with Gasteiger partial charge in [-0.1, -0.05) is 54.6 Å². The Labute approximate surface area is 174 Å². The molecule has 0 saturated heterocycles. The second-order valence-electron chi connectivity index (χ2n) is 7.19. The van der Waals surface area contributed by atoms with E-state index >= 15 is 8.78 Å². The van der Waals surface area contributed by atoms with E-state index in [4.69, 9.17) is 0 Å². The molecule has 5 rings (SSSR count). The van der Waals surface area contributed by atoms with Crippen molar-refractivity contribution in [3.05, 3.63) is 108 Å². The molecule has 0 bridgehead atoms. The molecule has 0 saturated carbocycles. The van der Waals surface area contributed by atoms with E-state index in [2.05, 4.69) is 0 Å². The molecule has 0 spiro atoms. The van der Waals surface area contributed by atoms with Crippen LogP contribution < -0.4 is 0 Å². The van der Waals surface area contributed by atoms with Crippen LogP contribution in [-0.2, 0) is 0 Å². The van der Waals surface area contributed by atoms with E-state index in [0.29, 0.717) is 21.9 Å². The van der Waals surface area contributed by atoms with Crippen molar-refractivity contribution in [1.29, 1.82) is 0 Å². The van der Waals surface area contributed by atoms with Crippen molar-refractivity contribution in [2.24, 2.45) is 0 Å². The van der Waals surface area contributed by atoms with Gasteiger partial charge in [0.05, 0.1) is 0 Å². The molecule has 0 aromatic heterocycles. The van der Waals surface area contributed by atoms with Crippen LogP contribution >= 0.6 is 0 Å². The SMILES string of the molecule is Fc1cc(-c2c3ccccc3c(-c3ccccc3)c3c(F)ccc(F)c23)cc(F)c1F. The largest absolute Gasteiger partial charge is 0.206 e. The van der Waals surface area contributed by atoms with Crippen LogP contribution in [0.25, 0.3) is 43.8 Å². The number of hydrogen-bond acceptors (Lipinski definition) is 0. The Morgan fingerprint density at radius 1 is 0.419 bits per heavy atom. The normalized spacial score (nSPS) is 11.4. The molecule has 5 heteroatoms. The zero-order valence-electron chi connectivity index (χ0n) is 15.9. The zero-order valence-corrected chi connectivity index (χ0v) is 15.9. The van der Waals surface area contributed by atoms with E-state index < -0.39 is 29.1 Å². The van der Waals surface area contributed by atoms with E-state index in [-0.39, 0.29) is 21.9 Å². The molecule has 0 nitrogen and oxygen atoms in total. The van der Waals surface area contributed by atoms with Crippen molar-refractivity contribution < 1.29 is 22.0 Å². The molecule has 0 unspecified atom stereocenters. The second-order valence-corrected chi connectivity index (χ2v) is 7.19. The summed E-state index contributed by atoms with van der Waals surface area (Å²) in [6.07, 6.45) is 0. The summed E-state index contributed by atoms with van der Waals surface area (Å²) in [5, 5.41) is 0.905. The van der Waals surface area contributed by atoms with Crippen molar-refractivity contribution >= 4 is 21.5 Å². The summed E-state index contributed by atoms with van der Waals surface area (Å²) in [6.45, 7) is 0. The third kappa shape index (κ3) is 2.96. The second kappa shape index (κ2) is 7.20. The molecule has 0 fully saturated rings. The smallest absolute Gasteiger partial charge is 0.194 e. The lowest BCUT2D eigenvalue weighted by atomic mass is 9.85. The molecule has 5 aromatic carbocycles. The van der Waals surface area contributed by atoms with Crippen LogP contribution in [0.3, 0.4) is 0 Å². The van der Waals surface area contributed by atoms with Crippen LogP contribution in [0.2, 0.25) is 0 Å². The fourth-order valence-electron chi connectivity index (χ4n) is 4.13. The molecule has 0 heterocycles. The summed E-state index contributed by atoms with van der Waals surface area (Å²) in [6, 6.07) is 19.4. The first kappa shape index (κ1) is 19.2. The summed E-state index contributed by atoms with van der Waals surface area (Å²) in [4.78, 5) is 0. The van der Waals surface area contributed by atoms with E-state index in [1.807, 2.05) is 6.07 Å². The van der Waals surface area contributed by atoms with E-state index in [1.54, 1.807) is 48.5 Å². The molecule has 0 atom stereocenters. The Balaban J connectivity index is 2.07. The third-order valence-corrected chi connectivity index (χ3v) is 5.40. The van der Waals surface area contributed by atoms with Gasteiger partial charge in [-0.25, -0.2) is 22.0 Å². The van der Waals surface area contributed by atoms with E-state index in [0.717, 1.165) is 24.3 Å². The number of rotatable bonds is 2. The first-order valence-corrected chi connectivity index (χ1v) is 9.50. The van der Waals surface area contributed by atoms with Gasteiger partial charge in [-0.05, 0) is 46.2 Å². The average molecular weight is 420 g/mol. The lowest BCUT2D eigenvalue weighted by molar-refractivity contribution is 0.448. The highest BCUT2D eigenvalue weighted by molar-refractivity contribution is 6.21. The van der Waals surface area contributed by atoms with Gasteiger partial charge in [0.25, 0.3) is 0 Å². The third-order valence-electron chi connectivity index (χ3n) is 5.40. The molecule has 0 radical (unpaired) electrons. The topological polar surface area (TPSA) is 0 Å². The Hall–Kier alpha value is -3.73. The highest BCUT2D eigenvalue weighted by Crippen LogP contribution is 2.45. The van der Waals surface area contributed by atoms with Crippen molar-refractivity contribution in [3.63, 3.8) is 0 Å². The van der Waals surface area contributed by atoms with Crippen LogP contribution in [0.15, 0.2) is 78.9 Å². The van der Waals surface area contributed by atoms with Gasteiger partial charge < -0.3 is 0 Å². The summed E-state index contributed by atoms with van der Waals surface area (Å²) >= 11 is 0. The number of fused-ring (bicyclic) bond motifs is 2. The Morgan fingerprint density at radius 3 is 1.39 bits per heavy atom. The zero-order chi connectivity index (χ0) is 21.7. The first-order valence-electron chi connectivity index (χ1n) is 9.50. The Bertz CT molecular complexity index is 1450. The summed E-state index contributed by atoms with van der Waals surface area (Å²) in [5.74, 6) is -5.86. The molecule has 0 aliphatic rings. The summed E-state index contributed by atoms with van der Waals surface area (Å²) in [5.41, 5.74) is 1.15. The predicted octanol–water partition coefficient (Wildman–Crippen LogP) is 8.02. The fraction of sp³-hybridized carbons (Fsp3) is 0. The highest BCUT2D eigenvalue weighted by atomic mass is 19.2. The number of benzene rings is 5. The molecule has 0 N–H and O–H groups in total. The molecule has 0 aliphatic carbocycles. The van der Waals surface area contributed by atoms with Crippen molar-refractivity contribution in [2.75, 3.05) is 0 Å². The van der Waals surface area contributed by atoms with Crippen molar-refractivity contribution in [2.45, 2.75) is 0 Å². The lowest BCUT2D eigenvalue weighted by Gasteiger charge is -2.18. The van der Waals surface area contributed by atoms with E-state index in [9.17, 15) is 13.2 Å². The van der Waals surface area contributed by atoms with Crippen LogP contribution in [0.1, 0.15) is 0 Å². The van der Waals surface area contributed by atoms with Gasteiger partial charge in [0.2, 0.25) is 0 Å². The summed E-state index contributed by atoms with van der Waals surface area (Å²) < 4.78 is 72.1. The standard InChI is InChI=1S/C26H13F5/c27-18-10-11-19(28)25-23(15-12-20(29)26(31)21(30)13-15)17-9-5-4-8-16(17)22(24(18)25)14-6-2-1-3-7-14/h1-13H. The highest BCUT2D eigenvalue weighted by Gasteiger charge is 2.23. The summed E-state index contributed by atoms with van der Waals surface area (Å²) in [7, 11) is 0. The Morgan fingerprint density at radius 2 is 0.871 bits per heavy atom.